The molecule has 5 heterocycles. The molecular formula is C26H27F2N3O2+2. The predicted molar refractivity (Wildman–Crippen MR) is 116 cm³/mol. The number of carbonyl (C=O) groups excluding carboxylic acids is 1. The monoisotopic (exact) mass is 451 g/mol. The van der Waals surface area contributed by atoms with E-state index in [1.807, 2.05) is 47.4 Å². The molecule has 0 amide bonds. The number of pyridine rings is 3. The average Bonchev–Trinajstić information content (AvgIpc) is 3.11. The minimum absolute atomic E-state index is 0.269. The number of rotatable bonds is 5. The molecule has 0 saturated carbocycles. The second-order valence-corrected chi connectivity index (χ2v) is 8.79. The third kappa shape index (κ3) is 2.74. The first kappa shape index (κ1) is 21.6. The number of halogens is 2. The lowest BCUT2D eigenvalue weighted by molar-refractivity contribution is -1.03. The Bertz CT molecular complexity index is 1270. The van der Waals surface area contributed by atoms with E-state index in [1.165, 1.54) is 6.07 Å². The molecule has 0 bridgehead atoms. The van der Waals surface area contributed by atoms with Crippen LogP contribution < -0.4 is 9.13 Å². The Morgan fingerprint density at radius 2 is 1.76 bits per heavy atom. The van der Waals surface area contributed by atoms with E-state index in [1.54, 1.807) is 18.3 Å². The first-order valence-electron chi connectivity index (χ1n) is 11.6. The highest BCUT2D eigenvalue weighted by atomic mass is 19.1. The van der Waals surface area contributed by atoms with Crippen molar-refractivity contribution in [2.75, 3.05) is 0 Å². The molecule has 2 aliphatic heterocycles. The molecule has 2 aliphatic rings. The Balaban J connectivity index is 1.93. The van der Waals surface area contributed by atoms with Crippen LogP contribution in [0.3, 0.4) is 0 Å². The van der Waals surface area contributed by atoms with Crippen molar-refractivity contribution in [3.63, 3.8) is 0 Å². The minimum atomic E-state index is -1.34. The van der Waals surface area contributed by atoms with Gasteiger partial charge in [-0.25, -0.2) is 4.79 Å². The van der Waals surface area contributed by atoms with Crippen molar-refractivity contribution in [3.8, 4) is 11.3 Å². The van der Waals surface area contributed by atoms with Gasteiger partial charge in [0, 0.05) is 29.8 Å². The molecule has 0 radical (unpaired) electrons. The van der Waals surface area contributed by atoms with Crippen molar-refractivity contribution in [2.45, 2.75) is 64.1 Å². The average molecular weight is 452 g/mol. The zero-order valence-corrected chi connectivity index (χ0v) is 19.1. The van der Waals surface area contributed by atoms with Crippen LogP contribution in [0.5, 0.6) is 0 Å². The zero-order chi connectivity index (χ0) is 23.4. The van der Waals surface area contributed by atoms with Crippen LogP contribution in [-0.4, -0.2) is 11.0 Å². The molecule has 3 aromatic rings. The molecule has 1 atom stereocenters. The quantitative estimate of drug-likeness (QED) is 0.329. The van der Waals surface area contributed by atoms with E-state index in [2.05, 4.69) is 11.9 Å². The number of esters is 1. The maximum Gasteiger partial charge on any atom is 0.538 e. The predicted octanol–water partition coefficient (Wildman–Crippen LogP) is 4.34. The Kier molecular flexibility index (Phi) is 5.03. The van der Waals surface area contributed by atoms with Gasteiger partial charge in [0.2, 0.25) is 17.6 Å². The third-order valence-electron chi connectivity index (χ3n) is 7.34. The molecule has 0 aromatic carbocycles. The Morgan fingerprint density at radius 3 is 2.48 bits per heavy atom. The number of aryl methyl sites for hydroxylation is 1. The molecule has 170 valence electrons. The van der Waals surface area contributed by atoms with Crippen LogP contribution in [0.1, 0.15) is 68.1 Å². The van der Waals surface area contributed by atoms with E-state index in [0.717, 1.165) is 24.8 Å². The molecule has 0 saturated heterocycles. The summed E-state index contributed by atoms with van der Waals surface area (Å²) in [6.07, 6.45) is 7.50. The molecule has 1 unspecified atom stereocenters. The second-order valence-electron chi connectivity index (χ2n) is 8.79. The van der Waals surface area contributed by atoms with Crippen LogP contribution in [0.15, 0.2) is 48.8 Å². The number of carbonyl (C=O) groups is 1. The molecular weight excluding hydrogens is 424 g/mol. The summed E-state index contributed by atoms with van der Waals surface area (Å²) in [5.41, 5.74) is 1.78. The van der Waals surface area contributed by atoms with E-state index in [9.17, 15) is 9.18 Å². The standard InChI is InChI=1S/C26H27F2N3O2/c1-4-7-10-17-12-14-31-20(15-17)22-18(16-21(27)29-23(22)28)25(5-2,6-3)26(31)30-13-9-8-11-19(30)24(32)33-26/h8-9,11-16H,4-7,10H2,1-3H3/q+2. The number of unbranched alkanes of at least 4 members (excludes halogenated alkanes) is 1. The highest BCUT2D eigenvalue weighted by Crippen LogP contribution is 2.51. The molecule has 3 aromatic heterocycles. The molecule has 0 fully saturated rings. The summed E-state index contributed by atoms with van der Waals surface area (Å²) in [5.74, 6) is -3.54. The summed E-state index contributed by atoms with van der Waals surface area (Å²) < 4.78 is 39.9. The summed E-state index contributed by atoms with van der Waals surface area (Å²) in [7, 11) is 0. The summed E-state index contributed by atoms with van der Waals surface area (Å²) in [4.78, 5) is 16.6. The number of fused-ring (bicyclic) bond motifs is 6. The van der Waals surface area contributed by atoms with Crippen molar-refractivity contribution in [1.82, 2.24) is 4.98 Å². The lowest BCUT2D eigenvalue weighted by Gasteiger charge is -2.40. The van der Waals surface area contributed by atoms with Gasteiger partial charge in [0.15, 0.2) is 17.8 Å². The van der Waals surface area contributed by atoms with E-state index in [0.29, 0.717) is 29.8 Å². The van der Waals surface area contributed by atoms with E-state index < -0.39 is 29.1 Å². The number of hydrogen-bond donors (Lipinski definition) is 0. The highest BCUT2D eigenvalue weighted by Gasteiger charge is 2.78. The lowest BCUT2D eigenvalue weighted by Crippen LogP contribution is -2.82. The van der Waals surface area contributed by atoms with Crippen LogP contribution in [0.25, 0.3) is 11.3 Å². The number of nitrogens with zero attached hydrogens (tertiary/aromatic N) is 3. The van der Waals surface area contributed by atoms with E-state index in [-0.39, 0.29) is 5.56 Å². The molecule has 0 aliphatic carbocycles. The SMILES string of the molecule is CCCCc1cc[n+]2c(c1)-c1c(cc(F)nc1F)C(CC)(CC)C21OC(=O)c2cccc[n+]21. The number of ether oxygens (including phenoxy) is 1. The van der Waals surface area contributed by atoms with Gasteiger partial charge in [0.1, 0.15) is 5.56 Å². The van der Waals surface area contributed by atoms with Crippen molar-refractivity contribution in [3.05, 3.63) is 77.5 Å². The van der Waals surface area contributed by atoms with Crippen molar-refractivity contribution >= 4 is 5.97 Å². The molecule has 5 nitrogen and oxygen atoms in total. The molecule has 0 N–H and O–H groups in total. The highest BCUT2D eigenvalue weighted by molar-refractivity contribution is 5.87. The van der Waals surface area contributed by atoms with Crippen molar-refractivity contribution < 1.29 is 27.4 Å². The maximum atomic E-state index is 15.4. The number of hydrogen-bond acceptors (Lipinski definition) is 3. The Morgan fingerprint density at radius 1 is 1.00 bits per heavy atom. The van der Waals surface area contributed by atoms with Gasteiger partial charge in [-0.2, -0.15) is 13.8 Å². The van der Waals surface area contributed by atoms with E-state index in [4.69, 9.17) is 4.74 Å². The lowest BCUT2D eigenvalue weighted by atomic mass is 9.66. The van der Waals surface area contributed by atoms with Gasteiger partial charge in [-0.3, -0.25) is 0 Å². The number of aromatic nitrogens is 3. The first-order valence-corrected chi connectivity index (χ1v) is 11.6. The van der Waals surface area contributed by atoms with Crippen molar-refractivity contribution in [2.24, 2.45) is 0 Å². The minimum Gasteiger partial charge on any atom is -0.334 e. The van der Waals surface area contributed by atoms with Gasteiger partial charge in [-0.05, 0) is 43.4 Å². The summed E-state index contributed by atoms with van der Waals surface area (Å²) >= 11 is 0. The van der Waals surface area contributed by atoms with Gasteiger partial charge < -0.3 is 4.74 Å². The van der Waals surface area contributed by atoms with Crippen LogP contribution in [0, 0.1) is 11.9 Å². The van der Waals surface area contributed by atoms with Crippen LogP contribution in [0.2, 0.25) is 0 Å². The summed E-state index contributed by atoms with van der Waals surface area (Å²) in [6, 6.07) is 10.6. The van der Waals surface area contributed by atoms with E-state index >= 15 is 4.39 Å². The van der Waals surface area contributed by atoms with Crippen LogP contribution in [-0.2, 0) is 22.4 Å². The summed E-state index contributed by atoms with van der Waals surface area (Å²) in [6.45, 7) is 6.04. The zero-order valence-electron chi connectivity index (χ0n) is 19.1. The van der Waals surface area contributed by atoms with Gasteiger partial charge in [0.05, 0.1) is 0 Å². The molecule has 33 heavy (non-hydrogen) atoms. The normalized spacial score (nSPS) is 19.7. The van der Waals surface area contributed by atoms with Gasteiger partial charge in [-0.1, -0.05) is 36.3 Å². The first-order chi connectivity index (χ1) is 15.9. The topological polar surface area (TPSA) is 47.0 Å². The fourth-order valence-electron chi connectivity index (χ4n) is 5.74. The largest absolute Gasteiger partial charge is 0.538 e. The van der Waals surface area contributed by atoms with Gasteiger partial charge >= 0.3 is 17.5 Å². The summed E-state index contributed by atoms with van der Waals surface area (Å²) in [5, 5.41) is 0. The van der Waals surface area contributed by atoms with Crippen molar-refractivity contribution in [1.29, 1.82) is 0 Å². The Hall–Kier alpha value is -3.22. The molecule has 5 rings (SSSR count). The molecule has 7 heteroatoms. The van der Waals surface area contributed by atoms with Crippen LogP contribution in [0.4, 0.5) is 8.78 Å². The van der Waals surface area contributed by atoms with Gasteiger partial charge in [0.25, 0.3) is 0 Å². The van der Waals surface area contributed by atoms with Crippen LogP contribution >= 0.6 is 0 Å². The third-order valence-corrected chi connectivity index (χ3v) is 7.34. The van der Waals surface area contributed by atoms with Gasteiger partial charge in [-0.15, -0.1) is 0 Å². The fourth-order valence-corrected chi connectivity index (χ4v) is 5.74. The molecule has 1 spiro atoms. The Labute approximate surface area is 191 Å². The maximum absolute atomic E-state index is 15.4. The fraction of sp³-hybridized carbons (Fsp3) is 0.385. The smallest absolute Gasteiger partial charge is 0.334 e. The second kappa shape index (κ2) is 7.68.